The van der Waals surface area contributed by atoms with Gasteiger partial charge < -0.3 is 4.57 Å². The average Bonchev–Trinajstić information content (AvgIpc) is 3.11. The number of nitrogens with zero attached hydrogens (tertiary/aromatic N) is 4. The quantitative estimate of drug-likeness (QED) is 0.287. The first kappa shape index (κ1) is 21.5. The van der Waals surface area contributed by atoms with Crippen LogP contribution in [0.3, 0.4) is 0 Å². The fraction of sp³-hybridized carbons (Fsp3) is 0.250. The van der Waals surface area contributed by atoms with E-state index in [-0.39, 0.29) is 0 Å². The normalized spacial score (nSPS) is 12.2. The molecule has 5 aromatic rings. The number of fused-ring (bicyclic) bond motifs is 3. The van der Waals surface area contributed by atoms with Gasteiger partial charge in [0, 0.05) is 41.5 Å². The zero-order valence-electron chi connectivity index (χ0n) is 20.0. The van der Waals surface area contributed by atoms with Gasteiger partial charge in [0.2, 0.25) is 0 Å². The van der Waals surface area contributed by atoms with E-state index < -0.39 is 8.07 Å². The smallest absolute Gasteiger partial charge is 0.142 e. The molecule has 0 saturated carbocycles. The van der Waals surface area contributed by atoms with Crippen LogP contribution in [0, 0.1) is 5.92 Å². The van der Waals surface area contributed by atoms with Gasteiger partial charge in [-0.15, -0.1) is 0 Å². The minimum atomic E-state index is -1.57. The third kappa shape index (κ3) is 3.98. The number of aromatic nitrogens is 4. The number of hydrogen-bond acceptors (Lipinski definition) is 3. The molecule has 1 aromatic carbocycles. The molecule has 166 valence electrons. The summed E-state index contributed by atoms with van der Waals surface area (Å²) >= 11 is 0. The van der Waals surface area contributed by atoms with Crippen molar-refractivity contribution >= 4 is 35.3 Å². The molecular formula is C28H30N4Si. The molecule has 0 saturated heterocycles. The summed E-state index contributed by atoms with van der Waals surface area (Å²) in [4.78, 5) is 14.5. The molecule has 4 nitrogen and oxygen atoms in total. The summed E-state index contributed by atoms with van der Waals surface area (Å²) in [5.41, 5.74) is 6.50. The van der Waals surface area contributed by atoms with E-state index in [1.807, 2.05) is 18.5 Å². The number of pyridine rings is 3. The van der Waals surface area contributed by atoms with E-state index in [1.54, 1.807) is 0 Å². The Labute approximate surface area is 196 Å². The van der Waals surface area contributed by atoms with Crippen molar-refractivity contribution in [2.45, 2.75) is 40.0 Å². The van der Waals surface area contributed by atoms with Gasteiger partial charge in [-0.3, -0.25) is 4.98 Å². The van der Waals surface area contributed by atoms with Crippen LogP contribution in [0.1, 0.15) is 13.8 Å². The van der Waals surface area contributed by atoms with Gasteiger partial charge in [0.05, 0.1) is 13.8 Å². The lowest BCUT2D eigenvalue weighted by molar-refractivity contribution is 0.541. The standard InChI is InChI=1S/C28H30N4Si/c1-19(2)18-32-27-22(12-9-13-29-27)24-14-21(16-31-28(24)32)25-15-23(20-10-7-6-8-11-20)26(17-30-25)33(3,4)5/h6-17,19H,18H2,1-5H3. The van der Waals surface area contributed by atoms with Crippen molar-refractivity contribution in [3.63, 3.8) is 0 Å². The van der Waals surface area contributed by atoms with Gasteiger partial charge in [-0.25, -0.2) is 9.97 Å². The number of hydrogen-bond donors (Lipinski definition) is 0. The van der Waals surface area contributed by atoms with Crippen molar-refractivity contribution in [1.82, 2.24) is 19.5 Å². The monoisotopic (exact) mass is 450 g/mol. The summed E-state index contributed by atoms with van der Waals surface area (Å²) in [6.45, 7) is 12.5. The van der Waals surface area contributed by atoms with E-state index in [4.69, 9.17) is 9.97 Å². The molecule has 0 aliphatic heterocycles. The number of benzene rings is 1. The van der Waals surface area contributed by atoms with E-state index in [0.29, 0.717) is 5.92 Å². The third-order valence-electron chi connectivity index (χ3n) is 6.10. The van der Waals surface area contributed by atoms with Crippen LogP contribution < -0.4 is 5.19 Å². The molecule has 0 aliphatic rings. The second kappa shape index (κ2) is 8.23. The highest BCUT2D eigenvalue weighted by Crippen LogP contribution is 2.31. The Bertz CT molecular complexity index is 1450. The zero-order valence-corrected chi connectivity index (χ0v) is 21.0. The highest BCUT2D eigenvalue weighted by Gasteiger charge is 2.22. The van der Waals surface area contributed by atoms with Gasteiger partial charge in [0.25, 0.3) is 0 Å². The molecule has 0 atom stereocenters. The van der Waals surface area contributed by atoms with Gasteiger partial charge in [-0.2, -0.15) is 0 Å². The highest BCUT2D eigenvalue weighted by atomic mass is 28.3. The number of rotatable bonds is 5. The summed E-state index contributed by atoms with van der Waals surface area (Å²) in [5.74, 6) is 0.511. The van der Waals surface area contributed by atoms with Gasteiger partial charge in [0.1, 0.15) is 11.3 Å². The van der Waals surface area contributed by atoms with E-state index in [9.17, 15) is 0 Å². The molecule has 5 rings (SSSR count). The van der Waals surface area contributed by atoms with Crippen LogP contribution in [-0.2, 0) is 6.54 Å². The molecule has 0 bridgehead atoms. The molecule has 4 heterocycles. The lowest BCUT2D eigenvalue weighted by Gasteiger charge is -2.21. The molecule has 5 heteroatoms. The minimum absolute atomic E-state index is 0.511. The molecule has 33 heavy (non-hydrogen) atoms. The summed E-state index contributed by atoms with van der Waals surface area (Å²) in [5, 5.41) is 3.65. The third-order valence-corrected chi connectivity index (χ3v) is 8.11. The first-order valence-corrected chi connectivity index (χ1v) is 15.1. The molecular weight excluding hydrogens is 420 g/mol. The molecule has 4 aromatic heterocycles. The molecule has 0 aliphatic carbocycles. The molecule has 0 unspecified atom stereocenters. The highest BCUT2D eigenvalue weighted by molar-refractivity contribution is 6.89. The SMILES string of the molecule is CC(C)Cn1c2ncccc2c2cc(-c3cc(-c4ccccc4)c([Si](C)(C)C)cn3)cnc21. The van der Waals surface area contributed by atoms with Gasteiger partial charge in [-0.05, 0) is 46.5 Å². The fourth-order valence-electron chi connectivity index (χ4n) is 4.54. The lowest BCUT2D eigenvalue weighted by atomic mass is 10.0. The predicted octanol–water partition coefficient (Wildman–Crippen LogP) is 6.51. The zero-order chi connectivity index (χ0) is 23.2. The van der Waals surface area contributed by atoms with Crippen molar-refractivity contribution in [3.8, 4) is 22.4 Å². The van der Waals surface area contributed by atoms with E-state index >= 15 is 0 Å². The lowest BCUT2D eigenvalue weighted by Crippen LogP contribution is -2.39. The Morgan fingerprint density at radius 3 is 2.27 bits per heavy atom. The van der Waals surface area contributed by atoms with Crippen LogP contribution in [0.5, 0.6) is 0 Å². The summed E-state index contributed by atoms with van der Waals surface area (Å²) in [6, 6.07) is 19.3. The second-order valence-electron chi connectivity index (χ2n) is 10.2. The van der Waals surface area contributed by atoms with Crippen LogP contribution >= 0.6 is 0 Å². The van der Waals surface area contributed by atoms with Gasteiger partial charge in [-0.1, -0.05) is 63.8 Å². The van der Waals surface area contributed by atoms with E-state index in [2.05, 4.69) is 97.8 Å². The summed E-state index contributed by atoms with van der Waals surface area (Å²) in [7, 11) is -1.57. The van der Waals surface area contributed by atoms with Crippen molar-refractivity contribution < 1.29 is 0 Å². The van der Waals surface area contributed by atoms with Gasteiger partial charge >= 0.3 is 0 Å². The van der Waals surface area contributed by atoms with Crippen LogP contribution in [0.25, 0.3) is 44.5 Å². The Morgan fingerprint density at radius 1 is 0.788 bits per heavy atom. The average molecular weight is 451 g/mol. The van der Waals surface area contributed by atoms with Crippen molar-refractivity contribution in [1.29, 1.82) is 0 Å². The van der Waals surface area contributed by atoms with Crippen molar-refractivity contribution in [3.05, 3.63) is 73.2 Å². The topological polar surface area (TPSA) is 43.6 Å². The minimum Gasteiger partial charge on any atom is -0.310 e. The second-order valence-corrected chi connectivity index (χ2v) is 15.2. The molecule has 0 N–H and O–H groups in total. The molecule has 0 radical (unpaired) electrons. The largest absolute Gasteiger partial charge is 0.310 e. The first-order chi connectivity index (χ1) is 15.8. The van der Waals surface area contributed by atoms with Crippen LogP contribution in [0.4, 0.5) is 0 Å². The summed E-state index contributed by atoms with van der Waals surface area (Å²) in [6.07, 6.45) is 5.92. The van der Waals surface area contributed by atoms with Crippen LogP contribution in [0.2, 0.25) is 19.6 Å². The maximum absolute atomic E-state index is 4.92. The Hall–Kier alpha value is -3.31. The Balaban J connectivity index is 1.71. The maximum Gasteiger partial charge on any atom is 0.142 e. The predicted molar refractivity (Wildman–Crippen MR) is 142 cm³/mol. The van der Waals surface area contributed by atoms with E-state index in [0.717, 1.165) is 39.9 Å². The van der Waals surface area contributed by atoms with Crippen LogP contribution in [0.15, 0.2) is 73.2 Å². The molecule has 0 spiro atoms. The van der Waals surface area contributed by atoms with Crippen molar-refractivity contribution in [2.75, 3.05) is 0 Å². The summed E-state index contributed by atoms with van der Waals surface area (Å²) < 4.78 is 2.25. The van der Waals surface area contributed by atoms with Gasteiger partial charge in [0.15, 0.2) is 0 Å². The Morgan fingerprint density at radius 2 is 1.55 bits per heavy atom. The molecule has 0 fully saturated rings. The first-order valence-electron chi connectivity index (χ1n) is 11.6. The maximum atomic E-state index is 4.92. The van der Waals surface area contributed by atoms with Crippen molar-refractivity contribution in [2.24, 2.45) is 5.92 Å². The Kier molecular flexibility index (Phi) is 5.37. The fourth-order valence-corrected chi connectivity index (χ4v) is 6.02. The van der Waals surface area contributed by atoms with E-state index in [1.165, 1.54) is 16.3 Å². The molecule has 0 amide bonds. The van der Waals surface area contributed by atoms with Crippen LogP contribution in [-0.4, -0.2) is 27.6 Å².